The second-order valence-corrected chi connectivity index (χ2v) is 5.98. The van der Waals surface area contributed by atoms with Crippen LogP contribution in [0.1, 0.15) is 18.4 Å². The monoisotopic (exact) mass is 236 g/mol. The maximum absolute atomic E-state index is 12.8. The van der Waals surface area contributed by atoms with Gasteiger partial charge >= 0.3 is 0 Å². The molecule has 0 amide bonds. The van der Waals surface area contributed by atoms with Crippen LogP contribution >= 0.6 is 10.7 Å². The Bertz CT molecular complexity index is 417. The lowest BCUT2D eigenvalue weighted by Crippen LogP contribution is -2.06. The van der Waals surface area contributed by atoms with E-state index in [0.29, 0.717) is 5.56 Å². The first-order valence-electron chi connectivity index (χ1n) is 4.06. The van der Waals surface area contributed by atoms with Crippen molar-refractivity contribution in [1.82, 2.24) is 0 Å². The predicted octanol–water partition coefficient (Wildman–Crippen LogP) is 2.50. The van der Waals surface area contributed by atoms with Crippen molar-refractivity contribution in [3.05, 3.63) is 35.6 Å². The Morgan fingerprint density at radius 2 is 2.14 bits per heavy atom. The summed E-state index contributed by atoms with van der Waals surface area (Å²) in [5.41, 5.74) is 0.634. The molecule has 5 heteroatoms. The van der Waals surface area contributed by atoms with Gasteiger partial charge in [-0.05, 0) is 23.6 Å². The first kappa shape index (κ1) is 11.5. The largest absolute Gasteiger partial charge is 0.233 e. The highest BCUT2D eigenvalue weighted by Gasteiger charge is 2.14. The smallest absolute Gasteiger partial charge is 0.212 e. The van der Waals surface area contributed by atoms with Crippen molar-refractivity contribution in [2.24, 2.45) is 0 Å². The van der Waals surface area contributed by atoms with Crippen molar-refractivity contribution >= 4 is 19.7 Å². The molecule has 0 saturated heterocycles. The van der Waals surface area contributed by atoms with E-state index in [4.69, 9.17) is 10.7 Å². The van der Waals surface area contributed by atoms with Gasteiger partial charge < -0.3 is 0 Å². The molecule has 1 unspecified atom stereocenters. The summed E-state index contributed by atoms with van der Waals surface area (Å²) >= 11 is 0. The zero-order valence-electron chi connectivity index (χ0n) is 7.57. The van der Waals surface area contributed by atoms with Gasteiger partial charge in [-0.2, -0.15) is 0 Å². The van der Waals surface area contributed by atoms with E-state index in [-0.39, 0.29) is 17.5 Å². The molecule has 78 valence electrons. The van der Waals surface area contributed by atoms with Crippen molar-refractivity contribution in [1.29, 1.82) is 0 Å². The Labute approximate surface area is 87.1 Å². The molecule has 0 spiro atoms. The van der Waals surface area contributed by atoms with Crippen molar-refractivity contribution in [2.75, 3.05) is 5.75 Å². The van der Waals surface area contributed by atoms with Crippen LogP contribution in [0.4, 0.5) is 4.39 Å². The predicted molar refractivity (Wildman–Crippen MR) is 54.5 cm³/mol. The van der Waals surface area contributed by atoms with Crippen LogP contribution in [0.5, 0.6) is 0 Å². The molecule has 1 atom stereocenters. The van der Waals surface area contributed by atoms with E-state index in [1.165, 1.54) is 12.1 Å². The van der Waals surface area contributed by atoms with E-state index in [9.17, 15) is 12.8 Å². The molecule has 0 radical (unpaired) electrons. The van der Waals surface area contributed by atoms with Crippen LogP contribution in [0.25, 0.3) is 0 Å². The molecule has 1 aromatic carbocycles. The van der Waals surface area contributed by atoms with Crippen molar-refractivity contribution in [3.8, 4) is 0 Å². The maximum Gasteiger partial charge on any atom is 0.233 e. The molecule has 0 fully saturated rings. The highest BCUT2D eigenvalue weighted by molar-refractivity contribution is 8.13. The van der Waals surface area contributed by atoms with E-state index in [1.807, 2.05) is 0 Å². The van der Waals surface area contributed by atoms with Crippen LogP contribution in [0, 0.1) is 5.82 Å². The quantitative estimate of drug-likeness (QED) is 0.756. The van der Waals surface area contributed by atoms with Gasteiger partial charge in [0.15, 0.2) is 0 Å². The van der Waals surface area contributed by atoms with E-state index >= 15 is 0 Å². The number of rotatable bonds is 3. The highest BCUT2D eigenvalue weighted by atomic mass is 35.7. The molecule has 0 aromatic heterocycles. The van der Waals surface area contributed by atoms with E-state index in [0.717, 1.165) is 0 Å². The fourth-order valence-corrected chi connectivity index (χ4v) is 2.56. The zero-order valence-corrected chi connectivity index (χ0v) is 9.15. The molecule has 1 rings (SSSR count). The molecule has 2 nitrogen and oxygen atoms in total. The lowest BCUT2D eigenvalue weighted by atomic mass is 10.0. The fraction of sp³-hybridized carbons (Fsp3) is 0.333. The first-order valence-corrected chi connectivity index (χ1v) is 6.54. The minimum absolute atomic E-state index is 0.183. The van der Waals surface area contributed by atoms with Gasteiger partial charge in [-0.1, -0.05) is 19.1 Å². The van der Waals surface area contributed by atoms with Crippen LogP contribution in [0.3, 0.4) is 0 Å². The third-order valence-corrected chi connectivity index (χ3v) is 3.14. The van der Waals surface area contributed by atoms with Gasteiger partial charge in [0, 0.05) is 10.7 Å². The topological polar surface area (TPSA) is 34.1 Å². The van der Waals surface area contributed by atoms with Gasteiger partial charge in [0.2, 0.25) is 9.05 Å². The molecule has 0 N–H and O–H groups in total. The van der Waals surface area contributed by atoms with Crippen molar-refractivity contribution in [2.45, 2.75) is 12.8 Å². The van der Waals surface area contributed by atoms with E-state index in [1.54, 1.807) is 19.1 Å². The van der Waals surface area contributed by atoms with Gasteiger partial charge in [-0.25, -0.2) is 12.8 Å². The Morgan fingerprint density at radius 3 is 2.64 bits per heavy atom. The Kier molecular flexibility index (Phi) is 3.50. The summed E-state index contributed by atoms with van der Waals surface area (Å²) in [6, 6.07) is 5.84. The van der Waals surface area contributed by atoms with Crippen LogP contribution in [0.2, 0.25) is 0 Å². The third kappa shape index (κ3) is 3.64. The van der Waals surface area contributed by atoms with Crippen molar-refractivity contribution in [3.63, 3.8) is 0 Å². The zero-order chi connectivity index (χ0) is 10.8. The number of hydrogen-bond donors (Lipinski definition) is 0. The second kappa shape index (κ2) is 4.28. The number of halogens is 2. The number of hydrogen-bond acceptors (Lipinski definition) is 2. The summed E-state index contributed by atoms with van der Waals surface area (Å²) in [5.74, 6) is -0.854. The minimum atomic E-state index is -3.53. The van der Waals surface area contributed by atoms with Crippen LogP contribution in [-0.4, -0.2) is 14.2 Å². The molecule has 0 saturated carbocycles. The summed E-state index contributed by atoms with van der Waals surface area (Å²) in [6.45, 7) is 1.69. The normalized spacial score (nSPS) is 13.9. The van der Waals surface area contributed by atoms with Gasteiger partial charge in [0.05, 0.1) is 5.75 Å². The van der Waals surface area contributed by atoms with E-state index < -0.39 is 9.05 Å². The Balaban J connectivity index is 2.85. The molecule has 0 aliphatic heterocycles. The van der Waals surface area contributed by atoms with Crippen molar-refractivity contribution < 1.29 is 12.8 Å². The lowest BCUT2D eigenvalue weighted by molar-refractivity contribution is 0.602. The summed E-state index contributed by atoms with van der Waals surface area (Å²) in [4.78, 5) is 0. The summed E-state index contributed by atoms with van der Waals surface area (Å²) in [7, 11) is 1.56. The number of benzene rings is 1. The fourth-order valence-electron chi connectivity index (χ4n) is 1.21. The van der Waals surface area contributed by atoms with Gasteiger partial charge in [-0.3, -0.25) is 0 Å². The molecular formula is C9H10ClFO2S. The summed E-state index contributed by atoms with van der Waals surface area (Å²) < 4.78 is 34.3. The maximum atomic E-state index is 12.8. The first-order chi connectivity index (χ1) is 6.38. The highest BCUT2D eigenvalue weighted by Crippen LogP contribution is 2.19. The summed E-state index contributed by atoms with van der Waals surface area (Å²) in [6.07, 6.45) is 0. The average Bonchev–Trinajstić information content (AvgIpc) is 2.01. The van der Waals surface area contributed by atoms with Crippen LogP contribution in [0.15, 0.2) is 24.3 Å². The standard InChI is InChI=1S/C9H10ClFO2S/c1-7(6-14(10,12)13)8-3-2-4-9(11)5-8/h2-5,7H,6H2,1H3. The molecule has 14 heavy (non-hydrogen) atoms. The lowest BCUT2D eigenvalue weighted by Gasteiger charge is -2.08. The van der Waals surface area contributed by atoms with E-state index in [2.05, 4.69) is 0 Å². The molecule has 0 bridgehead atoms. The van der Waals surface area contributed by atoms with Gasteiger partial charge in [-0.15, -0.1) is 0 Å². The third-order valence-electron chi connectivity index (χ3n) is 1.87. The average molecular weight is 237 g/mol. The second-order valence-electron chi connectivity index (χ2n) is 3.16. The molecule has 1 aromatic rings. The molecular weight excluding hydrogens is 227 g/mol. The van der Waals surface area contributed by atoms with Gasteiger partial charge in [0.25, 0.3) is 0 Å². The Hall–Kier alpha value is -0.610. The molecule has 0 aliphatic carbocycles. The van der Waals surface area contributed by atoms with Gasteiger partial charge in [0.1, 0.15) is 5.82 Å². The SMILES string of the molecule is CC(CS(=O)(=O)Cl)c1cccc(F)c1. The Morgan fingerprint density at radius 1 is 1.50 bits per heavy atom. The molecule has 0 heterocycles. The minimum Gasteiger partial charge on any atom is -0.212 e. The molecule has 0 aliphatic rings. The summed E-state index contributed by atoms with van der Waals surface area (Å²) in [5, 5.41) is 0. The van der Waals surface area contributed by atoms with Crippen LogP contribution in [-0.2, 0) is 9.05 Å². The van der Waals surface area contributed by atoms with Crippen LogP contribution < -0.4 is 0 Å².